The Hall–Kier alpha value is -1.69. The Kier molecular flexibility index (Phi) is 7.35. The third kappa shape index (κ3) is 4.01. The SMILES string of the molecule is CC(C)[C@@H](C)[C@@]1(C)CC[C@]2(C)[C@H]3CCC4[C@@]5(COC[C@@]4(C)[C@@H](O)[C@H](O)C5)C3=CC[C@@]2(C)[C@@H]1C(=O)OCc1ccccc1. The van der Waals surface area contributed by atoms with Gasteiger partial charge < -0.3 is 19.7 Å². The summed E-state index contributed by atoms with van der Waals surface area (Å²) in [7, 11) is 0. The van der Waals surface area contributed by atoms with E-state index in [0.29, 0.717) is 49.9 Å². The second-order valence-electron chi connectivity index (χ2n) is 16.3. The van der Waals surface area contributed by atoms with Crippen LogP contribution in [0.25, 0.3) is 0 Å². The minimum Gasteiger partial charge on any atom is -0.461 e. The highest BCUT2D eigenvalue weighted by Crippen LogP contribution is 2.74. The van der Waals surface area contributed by atoms with Gasteiger partial charge in [0.25, 0.3) is 0 Å². The van der Waals surface area contributed by atoms with Crippen molar-refractivity contribution in [1.82, 2.24) is 0 Å². The van der Waals surface area contributed by atoms with Gasteiger partial charge in [-0.25, -0.2) is 0 Å². The fraction of sp³-hybridized carbons (Fsp3) is 0.757. The van der Waals surface area contributed by atoms with E-state index >= 15 is 0 Å². The van der Waals surface area contributed by atoms with Crippen molar-refractivity contribution in [3.8, 4) is 0 Å². The van der Waals surface area contributed by atoms with Gasteiger partial charge in [0.05, 0.1) is 31.3 Å². The first-order valence-electron chi connectivity index (χ1n) is 16.6. The number of fused-ring (bicyclic) bond motifs is 3. The molecule has 42 heavy (non-hydrogen) atoms. The lowest BCUT2D eigenvalue weighted by Gasteiger charge is -2.71. The van der Waals surface area contributed by atoms with Crippen molar-refractivity contribution in [2.45, 2.75) is 106 Å². The maximum atomic E-state index is 14.5. The number of benzene rings is 1. The van der Waals surface area contributed by atoms with Gasteiger partial charge in [-0.15, -0.1) is 0 Å². The minimum atomic E-state index is -0.755. The normalized spacial score (nSPS) is 47.0. The summed E-state index contributed by atoms with van der Waals surface area (Å²) in [5, 5.41) is 22.3. The molecule has 5 nitrogen and oxygen atoms in total. The molecule has 4 aliphatic carbocycles. The topological polar surface area (TPSA) is 76.0 Å². The lowest BCUT2D eigenvalue weighted by Crippen LogP contribution is -2.69. The zero-order valence-electron chi connectivity index (χ0n) is 27.0. The van der Waals surface area contributed by atoms with E-state index in [4.69, 9.17) is 9.47 Å². The van der Waals surface area contributed by atoms with Crippen LogP contribution in [0.4, 0.5) is 0 Å². The summed E-state index contributed by atoms with van der Waals surface area (Å²) in [6.45, 7) is 17.7. The summed E-state index contributed by atoms with van der Waals surface area (Å²) in [5.41, 5.74) is 1.27. The van der Waals surface area contributed by atoms with Crippen molar-refractivity contribution >= 4 is 5.97 Å². The van der Waals surface area contributed by atoms with Crippen LogP contribution < -0.4 is 0 Å². The second-order valence-corrected chi connectivity index (χ2v) is 16.3. The average molecular weight is 579 g/mol. The molecule has 5 heteroatoms. The number of allylic oxidation sites excluding steroid dienone is 1. The van der Waals surface area contributed by atoms with Crippen molar-refractivity contribution < 1.29 is 24.5 Å². The molecule has 1 aliphatic heterocycles. The lowest BCUT2D eigenvalue weighted by atomic mass is 9.34. The molecule has 1 saturated heterocycles. The van der Waals surface area contributed by atoms with Crippen LogP contribution in [0.2, 0.25) is 0 Å². The number of hydrogen-bond donors (Lipinski definition) is 2. The molecule has 1 heterocycles. The van der Waals surface area contributed by atoms with Crippen LogP contribution in [0.5, 0.6) is 0 Å². The standard InChI is InChI=1S/C37H54O5/c1-23(2)24(3)33(4)17-18-35(6)26-13-14-29-34(5)21-41-22-37(29,19-28(38)31(34)39)27(26)15-16-36(35,7)30(33)32(40)42-20-25-11-9-8-10-12-25/h8-12,15,23-24,26,28-31,38-39H,13-14,16-22H2,1-7H3/t24-,26+,28-,29?,30-,31+,33-,34-,35-,36+,37+/m1/s1. The zero-order valence-corrected chi connectivity index (χ0v) is 27.0. The van der Waals surface area contributed by atoms with E-state index < -0.39 is 17.6 Å². The van der Waals surface area contributed by atoms with Crippen LogP contribution in [0.15, 0.2) is 42.0 Å². The van der Waals surface area contributed by atoms with E-state index in [9.17, 15) is 15.0 Å². The fourth-order valence-electron chi connectivity index (χ4n) is 11.4. The molecule has 11 atom stereocenters. The van der Waals surface area contributed by atoms with E-state index in [0.717, 1.165) is 37.7 Å². The quantitative estimate of drug-likeness (QED) is 0.292. The van der Waals surface area contributed by atoms with E-state index in [2.05, 4.69) is 54.5 Å². The summed E-state index contributed by atoms with van der Waals surface area (Å²) in [6.07, 6.45) is 6.53. The first-order chi connectivity index (χ1) is 19.7. The molecule has 6 rings (SSSR count). The van der Waals surface area contributed by atoms with E-state index in [-0.39, 0.29) is 33.5 Å². The van der Waals surface area contributed by atoms with E-state index in [1.807, 2.05) is 30.3 Å². The second kappa shape index (κ2) is 10.2. The minimum absolute atomic E-state index is 0.0456. The van der Waals surface area contributed by atoms with Gasteiger partial charge >= 0.3 is 5.97 Å². The average Bonchev–Trinajstić information content (AvgIpc) is 2.95. The number of carbonyl (C=O) groups is 1. The van der Waals surface area contributed by atoms with E-state index in [1.54, 1.807) is 0 Å². The van der Waals surface area contributed by atoms with E-state index in [1.165, 1.54) is 5.57 Å². The Morgan fingerprint density at radius 2 is 1.71 bits per heavy atom. The molecule has 0 aromatic heterocycles. The third-order valence-electron chi connectivity index (χ3n) is 14.3. The molecule has 2 bridgehead atoms. The lowest BCUT2D eigenvalue weighted by molar-refractivity contribution is -0.253. The number of esters is 1. The Morgan fingerprint density at radius 1 is 1.00 bits per heavy atom. The van der Waals surface area contributed by atoms with Gasteiger partial charge in [-0.3, -0.25) is 4.79 Å². The highest BCUT2D eigenvalue weighted by Gasteiger charge is 2.71. The van der Waals surface area contributed by atoms with Gasteiger partial charge in [0, 0.05) is 10.8 Å². The smallest absolute Gasteiger partial charge is 0.310 e. The maximum absolute atomic E-state index is 14.5. The number of ether oxygens (including phenoxy) is 2. The third-order valence-corrected chi connectivity index (χ3v) is 14.3. The molecule has 5 aliphatic rings. The zero-order chi connectivity index (χ0) is 30.3. The molecule has 3 saturated carbocycles. The Morgan fingerprint density at radius 3 is 2.40 bits per heavy atom. The van der Waals surface area contributed by atoms with Crippen LogP contribution in [0, 0.1) is 56.7 Å². The van der Waals surface area contributed by atoms with Crippen molar-refractivity contribution in [3.05, 3.63) is 47.5 Å². The van der Waals surface area contributed by atoms with Crippen LogP contribution in [0.1, 0.15) is 92.6 Å². The first-order valence-corrected chi connectivity index (χ1v) is 16.6. The van der Waals surface area contributed by atoms with Crippen molar-refractivity contribution in [2.24, 2.45) is 56.7 Å². The summed E-state index contributed by atoms with van der Waals surface area (Å²) in [4.78, 5) is 14.5. The molecular weight excluding hydrogens is 524 g/mol. The summed E-state index contributed by atoms with van der Waals surface area (Å²) >= 11 is 0. The number of hydrogen-bond acceptors (Lipinski definition) is 5. The molecule has 4 fully saturated rings. The molecule has 1 aromatic carbocycles. The van der Waals surface area contributed by atoms with Crippen molar-refractivity contribution in [3.63, 3.8) is 0 Å². The highest BCUT2D eigenvalue weighted by molar-refractivity contribution is 5.75. The monoisotopic (exact) mass is 578 g/mol. The first kappa shape index (κ1) is 30.3. The molecule has 2 N–H and O–H groups in total. The predicted molar refractivity (Wildman–Crippen MR) is 164 cm³/mol. The largest absolute Gasteiger partial charge is 0.461 e. The van der Waals surface area contributed by atoms with Gasteiger partial charge in [0.2, 0.25) is 0 Å². The van der Waals surface area contributed by atoms with Crippen LogP contribution in [-0.4, -0.2) is 41.6 Å². The fourth-order valence-corrected chi connectivity index (χ4v) is 11.4. The van der Waals surface area contributed by atoms with Crippen LogP contribution in [0.3, 0.4) is 0 Å². The van der Waals surface area contributed by atoms with Crippen molar-refractivity contribution in [2.75, 3.05) is 13.2 Å². The van der Waals surface area contributed by atoms with Crippen molar-refractivity contribution in [1.29, 1.82) is 0 Å². The highest BCUT2D eigenvalue weighted by atomic mass is 16.5. The number of aliphatic hydroxyl groups is 2. The van der Waals surface area contributed by atoms with Gasteiger partial charge in [-0.1, -0.05) is 90.4 Å². The Balaban J connectivity index is 1.42. The van der Waals surface area contributed by atoms with Crippen LogP contribution >= 0.6 is 0 Å². The molecule has 1 unspecified atom stereocenters. The maximum Gasteiger partial charge on any atom is 0.310 e. The van der Waals surface area contributed by atoms with Gasteiger partial charge in [0.1, 0.15) is 6.61 Å². The van der Waals surface area contributed by atoms with Crippen LogP contribution in [-0.2, 0) is 20.9 Å². The molecular formula is C37H54O5. The molecule has 232 valence electrons. The predicted octanol–water partition coefficient (Wildman–Crippen LogP) is 6.96. The Labute approximate surface area is 253 Å². The number of rotatable bonds is 5. The molecule has 0 radical (unpaired) electrons. The molecule has 0 spiro atoms. The van der Waals surface area contributed by atoms with Gasteiger partial charge in [-0.05, 0) is 84.0 Å². The number of carbonyl (C=O) groups excluding carboxylic acids is 1. The van der Waals surface area contributed by atoms with Gasteiger partial charge in [-0.2, -0.15) is 0 Å². The molecule has 1 aromatic rings. The summed E-state index contributed by atoms with van der Waals surface area (Å²) in [6, 6.07) is 10.0. The number of aliphatic hydroxyl groups excluding tert-OH is 2. The Bertz CT molecular complexity index is 1230. The summed E-state index contributed by atoms with van der Waals surface area (Å²) in [5.74, 6) is 1.19. The summed E-state index contributed by atoms with van der Waals surface area (Å²) < 4.78 is 12.5. The van der Waals surface area contributed by atoms with Gasteiger partial charge in [0.15, 0.2) is 0 Å². The molecule has 0 amide bonds.